The summed E-state index contributed by atoms with van der Waals surface area (Å²) in [5.74, 6) is 0.690. The Balaban J connectivity index is 2.34. The van der Waals surface area contributed by atoms with E-state index in [1.54, 1.807) is 0 Å². The third-order valence-corrected chi connectivity index (χ3v) is 4.32. The molecule has 21 heavy (non-hydrogen) atoms. The lowest BCUT2D eigenvalue weighted by atomic mass is 9.97. The number of carbonyl (C=O) groups is 1. The summed E-state index contributed by atoms with van der Waals surface area (Å²) in [7, 11) is 0. The van der Waals surface area contributed by atoms with Crippen molar-refractivity contribution in [2.75, 3.05) is 6.54 Å². The van der Waals surface area contributed by atoms with Gasteiger partial charge in [0, 0.05) is 18.5 Å². The molecule has 3 nitrogen and oxygen atoms in total. The molecule has 1 aliphatic heterocycles. The first kappa shape index (κ1) is 14.2. The van der Waals surface area contributed by atoms with Crippen LogP contribution in [0.2, 0.25) is 0 Å². The van der Waals surface area contributed by atoms with Crippen molar-refractivity contribution in [2.45, 2.75) is 47.1 Å². The van der Waals surface area contributed by atoms with E-state index in [0.717, 1.165) is 37.2 Å². The highest BCUT2D eigenvalue weighted by Crippen LogP contribution is 2.32. The van der Waals surface area contributed by atoms with Gasteiger partial charge < -0.3 is 9.88 Å². The fourth-order valence-corrected chi connectivity index (χ4v) is 3.53. The highest BCUT2D eigenvalue weighted by atomic mass is 16.2. The van der Waals surface area contributed by atoms with Crippen LogP contribution in [0.15, 0.2) is 12.1 Å². The van der Waals surface area contributed by atoms with E-state index >= 15 is 0 Å². The van der Waals surface area contributed by atoms with Crippen LogP contribution >= 0.6 is 0 Å². The second-order valence-corrected chi connectivity index (χ2v) is 6.65. The first-order valence-corrected chi connectivity index (χ1v) is 7.89. The van der Waals surface area contributed by atoms with Crippen molar-refractivity contribution in [3.8, 4) is 0 Å². The van der Waals surface area contributed by atoms with Gasteiger partial charge in [-0.3, -0.25) is 4.79 Å². The van der Waals surface area contributed by atoms with E-state index < -0.39 is 0 Å². The SMILES string of the molecule is Cc1cc(CC(C)C)c2c(c1)c(C)c1n2CCCNC1=O. The van der Waals surface area contributed by atoms with Crippen LogP contribution in [0.1, 0.15) is 47.4 Å². The summed E-state index contributed by atoms with van der Waals surface area (Å²) >= 11 is 0. The molecule has 0 saturated carbocycles. The number of fused-ring (bicyclic) bond motifs is 3. The van der Waals surface area contributed by atoms with Crippen LogP contribution in [-0.4, -0.2) is 17.0 Å². The molecule has 0 saturated heterocycles. The molecule has 3 rings (SSSR count). The molecule has 0 atom stereocenters. The van der Waals surface area contributed by atoms with Gasteiger partial charge >= 0.3 is 0 Å². The van der Waals surface area contributed by atoms with Crippen LogP contribution in [-0.2, 0) is 13.0 Å². The summed E-state index contributed by atoms with van der Waals surface area (Å²) in [5.41, 5.74) is 5.92. The van der Waals surface area contributed by atoms with Gasteiger partial charge in [-0.1, -0.05) is 25.5 Å². The first-order valence-electron chi connectivity index (χ1n) is 7.89. The lowest BCUT2D eigenvalue weighted by Gasteiger charge is -2.12. The van der Waals surface area contributed by atoms with Crippen molar-refractivity contribution in [3.63, 3.8) is 0 Å². The molecule has 0 aliphatic carbocycles. The molecule has 1 aliphatic rings. The maximum atomic E-state index is 12.4. The van der Waals surface area contributed by atoms with Crippen LogP contribution in [0.4, 0.5) is 0 Å². The summed E-state index contributed by atoms with van der Waals surface area (Å²) in [6, 6.07) is 4.52. The van der Waals surface area contributed by atoms with Gasteiger partial charge in [0.05, 0.1) is 5.52 Å². The summed E-state index contributed by atoms with van der Waals surface area (Å²) in [6.07, 6.45) is 2.06. The van der Waals surface area contributed by atoms with E-state index in [4.69, 9.17) is 0 Å². The van der Waals surface area contributed by atoms with Crippen LogP contribution in [0, 0.1) is 19.8 Å². The number of nitrogens with one attached hydrogen (secondary N) is 1. The maximum Gasteiger partial charge on any atom is 0.268 e. The fraction of sp³-hybridized carbons (Fsp3) is 0.500. The Kier molecular flexibility index (Phi) is 3.52. The second-order valence-electron chi connectivity index (χ2n) is 6.65. The van der Waals surface area contributed by atoms with Gasteiger partial charge in [0.1, 0.15) is 5.69 Å². The van der Waals surface area contributed by atoms with E-state index in [2.05, 4.69) is 49.7 Å². The van der Waals surface area contributed by atoms with Gasteiger partial charge in [0.15, 0.2) is 0 Å². The zero-order chi connectivity index (χ0) is 15.1. The Morgan fingerprint density at radius 3 is 2.76 bits per heavy atom. The van der Waals surface area contributed by atoms with Gasteiger partial charge in [-0.25, -0.2) is 0 Å². The third kappa shape index (κ3) is 2.35. The second kappa shape index (κ2) is 5.21. The molecule has 0 radical (unpaired) electrons. The van der Waals surface area contributed by atoms with Gasteiger partial charge in [0.25, 0.3) is 5.91 Å². The number of carbonyl (C=O) groups excluding carboxylic acids is 1. The number of rotatable bonds is 2. The quantitative estimate of drug-likeness (QED) is 0.898. The van der Waals surface area contributed by atoms with E-state index in [-0.39, 0.29) is 5.91 Å². The van der Waals surface area contributed by atoms with E-state index in [1.165, 1.54) is 22.0 Å². The van der Waals surface area contributed by atoms with Gasteiger partial charge in [-0.15, -0.1) is 0 Å². The number of benzene rings is 1. The van der Waals surface area contributed by atoms with Gasteiger partial charge in [-0.2, -0.15) is 0 Å². The first-order chi connectivity index (χ1) is 9.99. The van der Waals surface area contributed by atoms with E-state index in [1.807, 2.05) is 0 Å². The molecule has 1 amide bonds. The van der Waals surface area contributed by atoms with Crippen molar-refractivity contribution < 1.29 is 4.79 Å². The summed E-state index contributed by atoms with van der Waals surface area (Å²) in [4.78, 5) is 12.4. The average molecular weight is 284 g/mol. The molecule has 2 heterocycles. The minimum Gasteiger partial charge on any atom is -0.351 e. The molecule has 0 unspecified atom stereocenters. The number of aromatic nitrogens is 1. The Morgan fingerprint density at radius 1 is 1.29 bits per heavy atom. The van der Waals surface area contributed by atoms with E-state index in [0.29, 0.717) is 5.92 Å². The predicted octanol–water partition coefficient (Wildman–Crippen LogP) is 3.59. The molecule has 1 aromatic carbocycles. The van der Waals surface area contributed by atoms with Crippen LogP contribution < -0.4 is 5.32 Å². The van der Waals surface area contributed by atoms with Crippen molar-refractivity contribution in [1.29, 1.82) is 0 Å². The Labute approximate surface area is 126 Å². The van der Waals surface area contributed by atoms with Crippen LogP contribution in [0.25, 0.3) is 10.9 Å². The molecular formula is C18H24N2O. The minimum atomic E-state index is 0.0781. The van der Waals surface area contributed by atoms with Crippen molar-refractivity contribution >= 4 is 16.8 Å². The molecule has 0 bridgehead atoms. The number of hydrogen-bond acceptors (Lipinski definition) is 1. The lowest BCUT2D eigenvalue weighted by Crippen LogP contribution is -2.23. The molecule has 0 spiro atoms. The third-order valence-electron chi connectivity index (χ3n) is 4.32. The average Bonchev–Trinajstić information content (AvgIpc) is 2.54. The van der Waals surface area contributed by atoms with Crippen LogP contribution in [0.3, 0.4) is 0 Å². The molecule has 1 aromatic heterocycles. The van der Waals surface area contributed by atoms with Crippen molar-refractivity contribution in [1.82, 2.24) is 9.88 Å². The molecule has 1 N–H and O–H groups in total. The molecule has 2 aromatic rings. The zero-order valence-electron chi connectivity index (χ0n) is 13.4. The van der Waals surface area contributed by atoms with Gasteiger partial charge in [-0.05, 0) is 49.8 Å². The molecule has 112 valence electrons. The highest BCUT2D eigenvalue weighted by Gasteiger charge is 2.24. The summed E-state index contributed by atoms with van der Waals surface area (Å²) in [6.45, 7) is 10.4. The zero-order valence-corrected chi connectivity index (χ0v) is 13.4. The lowest BCUT2D eigenvalue weighted by molar-refractivity contribution is 0.0951. The molecule has 0 fully saturated rings. The standard InChI is InChI=1S/C18H24N2O/c1-11(2)8-14-9-12(3)10-15-13(4)16-18(21)19-6-5-7-20(16)17(14)15/h9-11H,5-8H2,1-4H3,(H,19,21). The molecular weight excluding hydrogens is 260 g/mol. The topological polar surface area (TPSA) is 34.0 Å². The van der Waals surface area contributed by atoms with E-state index in [9.17, 15) is 4.79 Å². The number of aryl methyl sites for hydroxylation is 3. The predicted molar refractivity (Wildman–Crippen MR) is 86.9 cm³/mol. The van der Waals surface area contributed by atoms with Gasteiger partial charge in [0.2, 0.25) is 0 Å². The smallest absolute Gasteiger partial charge is 0.268 e. The Morgan fingerprint density at radius 2 is 2.05 bits per heavy atom. The van der Waals surface area contributed by atoms with Crippen LogP contribution in [0.5, 0.6) is 0 Å². The summed E-state index contributed by atoms with van der Waals surface area (Å²) < 4.78 is 2.25. The largest absolute Gasteiger partial charge is 0.351 e. The minimum absolute atomic E-state index is 0.0781. The number of amides is 1. The van der Waals surface area contributed by atoms with Crippen molar-refractivity contribution in [3.05, 3.63) is 34.5 Å². The number of hydrogen-bond donors (Lipinski definition) is 1. The number of nitrogens with zero attached hydrogens (tertiary/aromatic N) is 1. The monoisotopic (exact) mass is 284 g/mol. The maximum absolute atomic E-state index is 12.4. The molecule has 3 heteroatoms. The highest BCUT2D eigenvalue weighted by molar-refractivity contribution is 6.02. The Hall–Kier alpha value is -1.77. The fourth-order valence-electron chi connectivity index (χ4n) is 3.53. The Bertz CT molecular complexity index is 710. The van der Waals surface area contributed by atoms with Crippen molar-refractivity contribution in [2.24, 2.45) is 5.92 Å². The normalized spacial score (nSPS) is 15.2. The summed E-state index contributed by atoms with van der Waals surface area (Å²) in [5, 5.41) is 4.27.